The minimum Gasteiger partial charge on any atom is -0.342 e. The summed E-state index contributed by atoms with van der Waals surface area (Å²) >= 11 is 5.29. The first kappa shape index (κ1) is 6.87. The molecule has 0 aromatic heterocycles. The molecule has 1 rings (SSSR count). The number of alkyl halides is 1. The van der Waals surface area contributed by atoms with Crippen LogP contribution in [0.5, 0.6) is 0 Å². The first-order chi connectivity index (χ1) is 4.34. The summed E-state index contributed by atoms with van der Waals surface area (Å²) in [7, 11) is 0. The summed E-state index contributed by atoms with van der Waals surface area (Å²) < 4.78 is 0. The van der Waals surface area contributed by atoms with Gasteiger partial charge in [0.15, 0.2) is 0 Å². The Balaban J connectivity index is 2.16. The summed E-state index contributed by atoms with van der Waals surface area (Å²) in [5, 5.41) is 2.57. The van der Waals surface area contributed by atoms with Crippen LogP contribution in [0.3, 0.4) is 0 Å². The van der Waals surface area contributed by atoms with E-state index in [4.69, 9.17) is 11.6 Å². The highest BCUT2D eigenvalue weighted by Crippen LogP contribution is 2.25. The van der Waals surface area contributed by atoms with Gasteiger partial charge in [0.2, 0.25) is 5.91 Å². The molecule has 0 spiro atoms. The van der Waals surface area contributed by atoms with Crippen LogP contribution < -0.4 is 5.32 Å². The van der Waals surface area contributed by atoms with Gasteiger partial charge in [-0.1, -0.05) is 6.42 Å². The molecule has 0 aromatic carbocycles. The number of hydrogen-bond acceptors (Lipinski definition) is 1. The Kier molecular flexibility index (Phi) is 2.34. The van der Waals surface area contributed by atoms with Crippen molar-refractivity contribution in [3.8, 4) is 0 Å². The number of rotatable bonds is 2. The molecule has 9 heavy (non-hydrogen) atoms. The lowest BCUT2D eigenvalue weighted by molar-refractivity contribution is -0.126. The summed E-state index contributed by atoms with van der Waals surface area (Å²) in [5.41, 5.74) is 0. The molecule has 1 saturated carbocycles. The number of hydrogen-bond donors (Lipinski definition) is 1. The maximum absolute atomic E-state index is 10.8. The van der Waals surface area contributed by atoms with Gasteiger partial charge in [0.1, 0.15) is 0 Å². The van der Waals surface area contributed by atoms with Gasteiger partial charge in [0.05, 0.1) is 6.00 Å². The maximum Gasteiger partial charge on any atom is 0.224 e. The van der Waals surface area contributed by atoms with E-state index < -0.39 is 0 Å². The van der Waals surface area contributed by atoms with E-state index in [2.05, 4.69) is 5.32 Å². The van der Waals surface area contributed by atoms with Crippen molar-refractivity contribution in [2.24, 2.45) is 5.92 Å². The van der Waals surface area contributed by atoms with Crippen LogP contribution in [0.1, 0.15) is 19.3 Å². The van der Waals surface area contributed by atoms with Gasteiger partial charge >= 0.3 is 0 Å². The molecule has 0 radical (unpaired) electrons. The lowest BCUT2D eigenvalue weighted by Crippen LogP contribution is -2.33. The van der Waals surface area contributed by atoms with Gasteiger partial charge < -0.3 is 5.32 Å². The molecule has 0 aromatic rings. The molecule has 1 aliphatic carbocycles. The molecular weight excluding hydrogens is 138 g/mol. The van der Waals surface area contributed by atoms with Gasteiger partial charge in [-0.15, -0.1) is 11.6 Å². The number of nitrogens with one attached hydrogen (secondary N) is 1. The Morgan fingerprint density at radius 3 is 2.67 bits per heavy atom. The predicted molar refractivity (Wildman–Crippen MR) is 36.2 cm³/mol. The maximum atomic E-state index is 10.8. The molecule has 1 fully saturated rings. The summed E-state index contributed by atoms with van der Waals surface area (Å²) in [6, 6.07) is 0.245. The fourth-order valence-corrected chi connectivity index (χ4v) is 1.01. The van der Waals surface area contributed by atoms with E-state index in [1.165, 1.54) is 6.42 Å². The van der Waals surface area contributed by atoms with Crippen molar-refractivity contribution in [1.29, 1.82) is 0 Å². The molecule has 1 aliphatic rings. The minimum absolute atomic E-state index is 0.122. The fraction of sp³-hybridized carbons (Fsp3) is 0.833. The molecule has 1 N–H and O–H groups in total. The monoisotopic (exact) mass is 147 g/mol. The third-order valence-electron chi connectivity index (χ3n) is 1.72. The Morgan fingerprint density at radius 1 is 1.67 bits per heavy atom. The SMILES string of the molecule is O=C(NCCl)C1CCC1. The lowest BCUT2D eigenvalue weighted by Gasteiger charge is -2.23. The zero-order chi connectivity index (χ0) is 6.69. The highest BCUT2D eigenvalue weighted by molar-refractivity contribution is 6.18. The fourth-order valence-electron chi connectivity index (χ4n) is 0.881. The second kappa shape index (κ2) is 3.06. The van der Waals surface area contributed by atoms with E-state index in [-0.39, 0.29) is 17.8 Å². The van der Waals surface area contributed by atoms with E-state index in [0.29, 0.717) is 0 Å². The smallest absolute Gasteiger partial charge is 0.224 e. The summed E-state index contributed by atoms with van der Waals surface area (Å²) in [5.74, 6) is 0.389. The Bertz CT molecular complexity index is 112. The first-order valence-corrected chi connectivity index (χ1v) is 3.71. The zero-order valence-electron chi connectivity index (χ0n) is 5.19. The zero-order valence-corrected chi connectivity index (χ0v) is 5.95. The van der Waals surface area contributed by atoms with Gasteiger partial charge in [-0.05, 0) is 12.8 Å². The molecule has 0 heterocycles. The normalized spacial score (nSPS) is 18.8. The van der Waals surface area contributed by atoms with Crippen molar-refractivity contribution in [3.05, 3.63) is 0 Å². The second-order valence-corrected chi connectivity index (χ2v) is 2.57. The second-order valence-electron chi connectivity index (χ2n) is 2.30. The van der Waals surface area contributed by atoms with E-state index >= 15 is 0 Å². The summed E-state index contributed by atoms with van der Waals surface area (Å²) in [6.45, 7) is 0. The van der Waals surface area contributed by atoms with Gasteiger partial charge in [-0.2, -0.15) is 0 Å². The Labute approximate surface area is 59.6 Å². The van der Waals surface area contributed by atoms with Crippen LogP contribution >= 0.6 is 11.6 Å². The van der Waals surface area contributed by atoms with E-state index in [0.717, 1.165) is 12.8 Å². The standard InChI is InChI=1S/C6H10ClNO/c7-4-8-6(9)5-2-1-3-5/h5H,1-4H2,(H,8,9). The number of halogens is 1. The van der Waals surface area contributed by atoms with Gasteiger partial charge in [-0.3, -0.25) is 4.79 Å². The Hall–Kier alpha value is -0.240. The number of carbonyl (C=O) groups is 1. The largest absolute Gasteiger partial charge is 0.342 e. The van der Waals surface area contributed by atoms with Gasteiger partial charge in [0.25, 0.3) is 0 Å². The van der Waals surface area contributed by atoms with E-state index in [9.17, 15) is 4.79 Å². The lowest BCUT2D eigenvalue weighted by atomic mass is 9.85. The van der Waals surface area contributed by atoms with Crippen LogP contribution in [0, 0.1) is 5.92 Å². The van der Waals surface area contributed by atoms with Crippen LogP contribution in [0.15, 0.2) is 0 Å². The summed E-state index contributed by atoms with van der Waals surface area (Å²) in [4.78, 5) is 10.8. The highest BCUT2D eigenvalue weighted by Gasteiger charge is 2.24. The van der Waals surface area contributed by atoms with E-state index in [1.54, 1.807) is 0 Å². The van der Waals surface area contributed by atoms with Crippen LogP contribution in [0.4, 0.5) is 0 Å². The minimum atomic E-state index is 0.122. The van der Waals surface area contributed by atoms with Crippen molar-refractivity contribution in [2.45, 2.75) is 19.3 Å². The molecule has 3 heteroatoms. The molecule has 0 unspecified atom stereocenters. The average molecular weight is 148 g/mol. The topological polar surface area (TPSA) is 29.1 Å². The van der Waals surface area contributed by atoms with Crippen molar-refractivity contribution >= 4 is 17.5 Å². The third-order valence-corrected chi connectivity index (χ3v) is 1.85. The molecule has 0 aliphatic heterocycles. The van der Waals surface area contributed by atoms with Crippen LogP contribution in [-0.4, -0.2) is 11.9 Å². The Morgan fingerprint density at radius 2 is 2.33 bits per heavy atom. The molecule has 2 nitrogen and oxygen atoms in total. The van der Waals surface area contributed by atoms with Crippen molar-refractivity contribution in [3.63, 3.8) is 0 Å². The number of amides is 1. The first-order valence-electron chi connectivity index (χ1n) is 3.18. The summed E-state index contributed by atoms with van der Waals surface area (Å²) in [6.07, 6.45) is 3.28. The van der Waals surface area contributed by atoms with Gasteiger partial charge in [-0.25, -0.2) is 0 Å². The van der Waals surface area contributed by atoms with Crippen molar-refractivity contribution < 1.29 is 4.79 Å². The molecule has 52 valence electrons. The highest BCUT2D eigenvalue weighted by atomic mass is 35.5. The van der Waals surface area contributed by atoms with Crippen LogP contribution in [0.25, 0.3) is 0 Å². The molecule has 1 amide bonds. The quantitative estimate of drug-likeness (QED) is 0.460. The molecule has 0 saturated heterocycles. The molecule has 0 atom stereocenters. The predicted octanol–water partition coefficient (Wildman–Crippen LogP) is 1.10. The molecular formula is C6H10ClNO. The number of carbonyl (C=O) groups excluding carboxylic acids is 1. The molecule has 0 bridgehead atoms. The third kappa shape index (κ3) is 1.58. The van der Waals surface area contributed by atoms with Crippen LogP contribution in [-0.2, 0) is 4.79 Å². The van der Waals surface area contributed by atoms with Crippen molar-refractivity contribution in [2.75, 3.05) is 6.00 Å². The van der Waals surface area contributed by atoms with Crippen LogP contribution in [0.2, 0.25) is 0 Å². The average Bonchev–Trinajstić information content (AvgIpc) is 1.60. The van der Waals surface area contributed by atoms with E-state index in [1.807, 2.05) is 0 Å². The van der Waals surface area contributed by atoms with Gasteiger partial charge in [0, 0.05) is 5.92 Å². The van der Waals surface area contributed by atoms with Crippen molar-refractivity contribution in [1.82, 2.24) is 5.32 Å².